The maximum absolute atomic E-state index is 11.9. The first-order valence-electron chi connectivity index (χ1n) is 19.4. The molecule has 2 aliphatic carbocycles. The molecular formula is C44H43NO12S4-4. The van der Waals surface area contributed by atoms with E-state index in [2.05, 4.69) is 29.3 Å². The molecule has 3 aliphatic rings. The molecule has 0 saturated heterocycles. The second-order valence-electron chi connectivity index (χ2n) is 16.5. The number of anilines is 1. The minimum Gasteiger partial charge on any atom is -0.748 e. The van der Waals surface area contributed by atoms with E-state index in [1.54, 1.807) is 24.3 Å². The quantitative estimate of drug-likeness (QED) is 0.0556. The number of allylic oxidation sites excluding steroid dienone is 10. The van der Waals surface area contributed by atoms with Crippen LogP contribution in [-0.4, -0.2) is 57.0 Å². The Hall–Kier alpha value is -4.14. The molecule has 324 valence electrons. The van der Waals surface area contributed by atoms with E-state index in [0.29, 0.717) is 21.4 Å². The van der Waals surface area contributed by atoms with Crippen LogP contribution in [0.15, 0.2) is 123 Å². The van der Waals surface area contributed by atoms with Crippen LogP contribution in [0.25, 0.3) is 27.1 Å². The molecule has 17 heteroatoms. The van der Waals surface area contributed by atoms with Gasteiger partial charge in [0.15, 0.2) is 0 Å². The van der Waals surface area contributed by atoms with E-state index in [4.69, 9.17) is 0 Å². The molecule has 1 aliphatic heterocycles. The van der Waals surface area contributed by atoms with Crippen LogP contribution in [-0.2, 0) is 50.6 Å². The summed E-state index contributed by atoms with van der Waals surface area (Å²) in [7, 11) is -13.8. The molecule has 1 heterocycles. The topological polar surface area (TPSA) is 216 Å². The molecule has 0 unspecified atom stereocenters. The third-order valence-corrected chi connectivity index (χ3v) is 14.9. The summed E-state index contributed by atoms with van der Waals surface area (Å²) in [5, 5.41) is 17.0. The molecule has 0 atom stereocenters. The number of rotatable bonds is 13. The number of benzene rings is 4. The predicted octanol–water partition coefficient (Wildman–Crippen LogP) is 7.32. The number of fused-ring (bicyclic) bond motifs is 6. The van der Waals surface area contributed by atoms with E-state index >= 15 is 0 Å². The summed E-state index contributed by atoms with van der Waals surface area (Å²) < 4.78 is 111. The average molecular weight is 906 g/mol. The zero-order chi connectivity index (χ0) is 44.3. The van der Waals surface area contributed by atoms with Crippen molar-refractivity contribution >= 4 is 75.2 Å². The van der Waals surface area contributed by atoms with Crippen LogP contribution >= 0.6 is 12.0 Å². The van der Waals surface area contributed by atoms with Gasteiger partial charge in [0.2, 0.25) is 0 Å². The van der Waals surface area contributed by atoms with Crippen molar-refractivity contribution < 1.29 is 53.5 Å². The van der Waals surface area contributed by atoms with Gasteiger partial charge in [0, 0.05) is 39.4 Å². The lowest BCUT2D eigenvalue weighted by atomic mass is 9.78. The molecule has 0 bridgehead atoms. The van der Waals surface area contributed by atoms with Crippen LogP contribution in [0.2, 0.25) is 0 Å². The van der Waals surface area contributed by atoms with E-state index in [0.717, 1.165) is 92.3 Å². The molecule has 0 amide bonds. The van der Waals surface area contributed by atoms with Gasteiger partial charge < -0.3 is 23.8 Å². The van der Waals surface area contributed by atoms with E-state index < -0.39 is 52.7 Å². The van der Waals surface area contributed by atoms with Crippen molar-refractivity contribution in [2.75, 3.05) is 23.0 Å². The van der Waals surface area contributed by atoms with Gasteiger partial charge in [0.05, 0.1) is 42.9 Å². The highest BCUT2D eigenvalue weighted by Gasteiger charge is 2.42. The zero-order valence-electron chi connectivity index (χ0n) is 34.0. The molecule has 4 aromatic carbocycles. The van der Waals surface area contributed by atoms with Gasteiger partial charge in [-0.3, -0.25) is 5.04 Å². The molecule has 0 spiro atoms. The Bertz CT molecular complexity index is 2980. The molecule has 0 radical (unpaired) electrons. The molecule has 0 N–H and O–H groups in total. The second kappa shape index (κ2) is 16.5. The Morgan fingerprint density at radius 1 is 0.770 bits per heavy atom. The van der Waals surface area contributed by atoms with Crippen molar-refractivity contribution in [3.05, 3.63) is 130 Å². The van der Waals surface area contributed by atoms with Crippen LogP contribution in [0.3, 0.4) is 0 Å². The van der Waals surface area contributed by atoms with Crippen molar-refractivity contribution in [2.24, 2.45) is 0 Å². The van der Waals surface area contributed by atoms with Gasteiger partial charge in [-0.1, -0.05) is 76.3 Å². The molecule has 4 aromatic rings. The summed E-state index contributed by atoms with van der Waals surface area (Å²) in [6, 6.07) is 17.0. The fraction of sp³-hybridized carbons (Fsp3) is 0.318. The van der Waals surface area contributed by atoms with Crippen molar-refractivity contribution in [3.8, 4) is 0 Å². The second-order valence-corrected chi connectivity index (χ2v) is 21.7. The fourth-order valence-electron chi connectivity index (χ4n) is 9.30. The molecule has 0 saturated carbocycles. The Morgan fingerprint density at radius 3 is 2.13 bits per heavy atom. The van der Waals surface area contributed by atoms with Crippen LogP contribution in [0.5, 0.6) is 0 Å². The van der Waals surface area contributed by atoms with E-state index in [-0.39, 0.29) is 17.9 Å². The van der Waals surface area contributed by atoms with Gasteiger partial charge in [-0.05, 0) is 135 Å². The normalized spacial score (nSPS) is 19.3. The summed E-state index contributed by atoms with van der Waals surface area (Å²) in [6.45, 7) is 10.0. The van der Waals surface area contributed by atoms with E-state index in [1.165, 1.54) is 12.1 Å². The molecular weight excluding hydrogens is 863 g/mol. The number of hydrogen-bond acceptors (Lipinski definition) is 14. The third kappa shape index (κ3) is 9.04. The molecule has 13 nitrogen and oxygen atoms in total. The van der Waals surface area contributed by atoms with Crippen LogP contribution in [0.1, 0.15) is 77.0 Å². The van der Waals surface area contributed by atoms with Crippen molar-refractivity contribution in [3.63, 3.8) is 0 Å². The van der Waals surface area contributed by atoms with Crippen molar-refractivity contribution in [2.45, 2.75) is 80.9 Å². The Kier molecular flexibility index (Phi) is 12.2. The Labute approximate surface area is 360 Å². The zero-order valence-corrected chi connectivity index (χ0v) is 37.3. The fourth-order valence-corrected chi connectivity index (χ4v) is 11.1. The lowest BCUT2D eigenvalue weighted by molar-refractivity contribution is -0.777. The van der Waals surface area contributed by atoms with E-state index in [1.807, 2.05) is 68.2 Å². The predicted molar refractivity (Wildman–Crippen MR) is 230 cm³/mol. The first kappa shape index (κ1) is 44.9. The largest absolute Gasteiger partial charge is 0.748 e. The maximum atomic E-state index is 11.9. The van der Waals surface area contributed by atoms with Crippen LogP contribution in [0, 0.1) is 0 Å². The highest BCUT2D eigenvalue weighted by Crippen LogP contribution is 2.53. The Balaban J connectivity index is 1.28. The molecule has 0 aromatic heterocycles. The van der Waals surface area contributed by atoms with Gasteiger partial charge in [0.1, 0.15) is 10.1 Å². The Morgan fingerprint density at radius 2 is 1.44 bits per heavy atom. The van der Waals surface area contributed by atoms with Gasteiger partial charge in [0.25, 0.3) is 0 Å². The molecule has 61 heavy (non-hydrogen) atoms. The van der Waals surface area contributed by atoms with Crippen molar-refractivity contribution in [1.29, 1.82) is 0 Å². The standard InChI is InChI=1S/C44H47NO12S4/c1-27-28(10-18-38-36(21-23-59(47,48)49)37-15-9-30-25-32(58-57-56-46)13-16-34(30)41(37)43(38,2)3)7-6-8-29(27)12-20-40-44(4,5)42-35-17-14-33(61(53,54)55)26-31(35)11-19-39(42)45(40)22-24-60(50,51)52/h9-20,25-26,46H,6-8,21-24H2,1-5H3,(H,47,48,49)(H,50,51,52)(H,53,54,55)/p-4/b18-10+,29-12+,40-20+. The summed E-state index contributed by atoms with van der Waals surface area (Å²) in [6.07, 6.45) is 10.4. The minimum atomic E-state index is -4.71. The summed E-state index contributed by atoms with van der Waals surface area (Å²) in [4.78, 5) is 2.11. The summed E-state index contributed by atoms with van der Waals surface area (Å²) in [5.74, 6) is -1.20. The van der Waals surface area contributed by atoms with Gasteiger partial charge >= 0.3 is 0 Å². The number of hydrogen-bond donors (Lipinski definition) is 0. The van der Waals surface area contributed by atoms with E-state index in [9.17, 15) is 44.2 Å². The minimum absolute atomic E-state index is 0.0311. The smallest absolute Gasteiger partial charge is 0.124 e. The summed E-state index contributed by atoms with van der Waals surface area (Å²) >= 11 is 0.784. The lowest BCUT2D eigenvalue weighted by Gasteiger charge is -2.28. The highest BCUT2D eigenvalue weighted by molar-refractivity contribution is 7.94. The highest BCUT2D eigenvalue weighted by atomic mass is 32.2. The monoisotopic (exact) mass is 905 g/mol. The lowest BCUT2D eigenvalue weighted by Crippen LogP contribution is -2.30. The van der Waals surface area contributed by atoms with Gasteiger partial charge in [-0.15, -0.1) is 0 Å². The first-order valence-corrected chi connectivity index (χ1v) is 24.7. The summed E-state index contributed by atoms with van der Waals surface area (Å²) in [5.41, 5.74) is 7.54. The molecule has 0 fully saturated rings. The third-order valence-electron chi connectivity index (χ3n) is 12.1. The maximum Gasteiger partial charge on any atom is 0.124 e. The first-order chi connectivity index (χ1) is 28.5. The van der Waals surface area contributed by atoms with Gasteiger partial charge in [-0.25, -0.2) is 25.3 Å². The number of nitrogens with zero attached hydrogens (tertiary/aromatic N) is 1. The SMILES string of the molecule is CC1=C(/C=C/C2=C(CCS(=O)(=O)[O-])c3ccc4cc(SOO[O-])ccc4c3C2(C)C)CCC/C1=C\C=C1\N(CCS(=O)(=O)[O-])c2ccc3cc(S(=O)(=O)[O-])ccc3c2C1(C)C. The van der Waals surface area contributed by atoms with Crippen LogP contribution in [0.4, 0.5) is 5.69 Å². The van der Waals surface area contributed by atoms with Crippen LogP contribution < -0.4 is 10.2 Å². The average Bonchev–Trinajstić information content (AvgIpc) is 3.54. The molecule has 7 rings (SSSR count). The van der Waals surface area contributed by atoms with Crippen molar-refractivity contribution in [1.82, 2.24) is 0 Å². The van der Waals surface area contributed by atoms with Gasteiger partial charge in [-0.2, -0.15) is 4.33 Å².